The van der Waals surface area contributed by atoms with Crippen LogP contribution in [0.4, 0.5) is 4.79 Å². The Hall–Kier alpha value is -1.75. The molecule has 0 N–H and O–H groups in total. The van der Waals surface area contributed by atoms with Crippen LogP contribution in [0.25, 0.3) is 0 Å². The fourth-order valence-corrected chi connectivity index (χ4v) is 3.47. The van der Waals surface area contributed by atoms with Crippen molar-refractivity contribution in [1.29, 1.82) is 0 Å². The number of hydrogen-bond acceptors (Lipinski definition) is 5. The zero-order valence-corrected chi connectivity index (χ0v) is 17.2. The predicted octanol–water partition coefficient (Wildman–Crippen LogP) is 4.59. The van der Waals surface area contributed by atoms with E-state index in [2.05, 4.69) is 18.9 Å². The topological polar surface area (TPSA) is 48.0 Å². The highest BCUT2D eigenvalue weighted by atomic mass is 16.7. The van der Waals surface area contributed by atoms with Gasteiger partial charge in [0.1, 0.15) is 17.0 Å². The second-order valence-corrected chi connectivity index (χ2v) is 8.56. The fraction of sp³-hybridized carbons (Fsp3) is 0.667. The molecule has 26 heavy (non-hydrogen) atoms. The SMILES string of the molecule is CC(C)Oc1cccc([C@@]2(OC(=O)OC(C)(C)C)CCN(C)C[C@@H]2C)c1. The van der Waals surface area contributed by atoms with Crippen LogP contribution in [-0.2, 0) is 15.1 Å². The lowest BCUT2D eigenvalue weighted by atomic mass is 9.76. The molecule has 146 valence electrons. The summed E-state index contributed by atoms with van der Waals surface area (Å²) >= 11 is 0. The van der Waals surface area contributed by atoms with Crippen molar-refractivity contribution in [3.8, 4) is 5.75 Å². The summed E-state index contributed by atoms with van der Waals surface area (Å²) in [6.45, 7) is 13.3. The molecule has 0 amide bonds. The largest absolute Gasteiger partial charge is 0.509 e. The Labute approximate surface area is 157 Å². The van der Waals surface area contributed by atoms with E-state index in [1.54, 1.807) is 0 Å². The van der Waals surface area contributed by atoms with E-state index < -0.39 is 17.4 Å². The number of piperidine rings is 1. The molecule has 5 nitrogen and oxygen atoms in total. The molecule has 2 rings (SSSR count). The zero-order chi connectivity index (χ0) is 19.5. The van der Waals surface area contributed by atoms with E-state index in [0.29, 0.717) is 0 Å². The van der Waals surface area contributed by atoms with Gasteiger partial charge in [-0.2, -0.15) is 0 Å². The fourth-order valence-electron chi connectivity index (χ4n) is 3.47. The van der Waals surface area contributed by atoms with Crippen molar-refractivity contribution >= 4 is 6.16 Å². The van der Waals surface area contributed by atoms with E-state index in [4.69, 9.17) is 14.2 Å². The van der Waals surface area contributed by atoms with Crippen molar-refractivity contribution in [3.63, 3.8) is 0 Å². The van der Waals surface area contributed by atoms with E-state index in [0.717, 1.165) is 30.8 Å². The molecule has 5 heteroatoms. The maximum Gasteiger partial charge on any atom is 0.509 e. The van der Waals surface area contributed by atoms with Gasteiger partial charge in [-0.1, -0.05) is 19.1 Å². The van der Waals surface area contributed by atoms with Crippen LogP contribution in [0.2, 0.25) is 0 Å². The number of ether oxygens (including phenoxy) is 3. The highest BCUT2D eigenvalue weighted by Gasteiger charge is 2.46. The van der Waals surface area contributed by atoms with E-state index >= 15 is 0 Å². The molecule has 0 aliphatic carbocycles. The van der Waals surface area contributed by atoms with Gasteiger partial charge < -0.3 is 19.1 Å². The lowest BCUT2D eigenvalue weighted by Gasteiger charge is -2.45. The van der Waals surface area contributed by atoms with Crippen LogP contribution in [-0.4, -0.2) is 42.9 Å². The van der Waals surface area contributed by atoms with Crippen molar-refractivity contribution < 1.29 is 19.0 Å². The van der Waals surface area contributed by atoms with Gasteiger partial charge in [-0.25, -0.2) is 4.79 Å². The molecule has 1 fully saturated rings. The average Bonchev–Trinajstić information content (AvgIpc) is 2.48. The van der Waals surface area contributed by atoms with Gasteiger partial charge in [0.25, 0.3) is 0 Å². The molecular weight excluding hydrogens is 330 g/mol. The third kappa shape index (κ3) is 5.13. The summed E-state index contributed by atoms with van der Waals surface area (Å²) in [5.41, 5.74) is -0.345. The number of nitrogens with zero attached hydrogens (tertiary/aromatic N) is 1. The number of hydrogen-bond donors (Lipinski definition) is 0. The maximum absolute atomic E-state index is 12.5. The first-order valence-corrected chi connectivity index (χ1v) is 9.39. The van der Waals surface area contributed by atoms with E-state index in [1.165, 1.54) is 0 Å². The zero-order valence-electron chi connectivity index (χ0n) is 17.2. The second kappa shape index (κ2) is 7.87. The van der Waals surface area contributed by atoms with E-state index in [1.807, 2.05) is 58.9 Å². The second-order valence-electron chi connectivity index (χ2n) is 8.56. The molecule has 1 aliphatic rings. The first-order chi connectivity index (χ1) is 12.0. The Morgan fingerprint density at radius 3 is 2.58 bits per heavy atom. The molecule has 2 atom stereocenters. The summed E-state index contributed by atoms with van der Waals surface area (Å²) in [7, 11) is 2.09. The van der Waals surface area contributed by atoms with Crippen molar-refractivity contribution in [2.75, 3.05) is 20.1 Å². The monoisotopic (exact) mass is 363 g/mol. The van der Waals surface area contributed by atoms with E-state index in [9.17, 15) is 4.79 Å². The molecule has 0 aromatic heterocycles. The van der Waals surface area contributed by atoms with E-state index in [-0.39, 0.29) is 12.0 Å². The molecule has 1 heterocycles. The smallest absolute Gasteiger partial charge is 0.491 e. The lowest BCUT2D eigenvalue weighted by Crippen LogP contribution is -2.50. The number of carbonyl (C=O) groups is 1. The molecule has 0 bridgehead atoms. The standard InChI is InChI=1S/C21H33NO4/c1-15(2)24-18-10-8-9-17(13-18)21(11-12-22(7)14-16(21)3)26-19(23)25-20(4,5)6/h8-10,13,15-16H,11-12,14H2,1-7H3/t16-,21+/m0/s1. The summed E-state index contributed by atoms with van der Waals surface area (Å²) in [6, 6.07) is 7.90. The number of likely N-dealkylation sites (tertiary alicyclic amines) is 1. The molecular formula is C21H33NO4. The van der Waals surface area contributed by atoms with Crippen LogP contribution in [0.3, 0.4) is 0 Å². The Balaban J connectivity index is 2.37. The molecule has 1 aromatic rings. The maximum atomic E-state index is 12.5. The third-order valence-corrected chi connectivity index (χ3v) is 4.60. The van der Waals surface area contributed by atoms with Gasteiger partial charge in [0.05, 0.1) is 6.10 Å². The quantitative estimate of drug-likeness (QED) is 0.732. The Bertz CT molecular complexity index is 623. The Kier molecular flexibility index (Phi) is 6.22. The van der Waals surface area contributed by atoms with Gasteiger partial charge >= 0.3 is 6.16 Å². The minimum absolute atomic E-state index is 0.0860. The van der Waals surface area contributed by atoms with Gasteiger partial charge in [-0.15, -0.1) is 0 Å². The first kappa shape index (κ1) is 20.6. The van der Waals surface area contributed by atoms with Gasteiger partial charge in [-0.05, 0) is 59.4 Å². The number of benzene rings is 1. The van der Waals surface area contributed by atoms with Crippen LogP contribution < -0.4 is 4.74 Å². The minimum atomic E-state index is -0.717. The number of rotatable bonds is 4. The van der Waals surface area contributed by atoms with Crippen LogP contribution in [0.1, 0.15) is 53.5 Å². The first-order valence-electron chi connectivity index (χ1n) is 9.39. The van der Waals surface area contributed by atoms with Crippen molar-refractivity contribution in [3.05, 3.63) is 29.8 Å². The van der Waals surface area contributed by atoms with Crippen molar-refractivity contribution in [1.82, 2.24) is 4.90 Å². The van der Waals surface area contributed by atoms with Crippen molar-refractivity contribution in [2.45, 2.75) is 65.3 Å². The van der Waals surface area contributed by atoms with Crippen molar-refractivity contribution in [2.24, 2.45) is 5.92 Å². The van der Waals surface area contributed by atoms with Crippen LogP contribution >= 0.6 is 0 Å². The lowest BCUT2D eigenvalue weighted by molar-refractivity contribution is -0.116. The van der Waals surface area contributed by atoms with Gasteiger partial charge in [0.15, 0.2) is 0 Å². The summed E-state index contributed by atoms with van der Waals surface area (Å²) < 4.78 is 17.3. The highest BCUT2D eigenvalue weighted by Crippen LogP contribution is 2.42. The summed E-state index contributed by atoms with van der Waals surface area (Å²) in [5, 5.41) is 0. The molecule has 1 saturated heterocycles. The molecule has 1 aromatic carbocycles. The Morgan fingerprint density at radius 1 is 1.31 bits per heavy atom. The van der Waals surface area contributed by atoms with Gasteiger partial charge in [-0.3, -0.25) is 0 Å². The molecule has 1 aliphatic heterocycles. The molecule has 0 unspecified atom stereocenters. The van der Waals surface area contributed by atoms with Crippen LogP contribution in [0.5, 0.6) is 5.75 Å². The van der Waals surface area contributed by atoms with Gasteiger partial charge in [0.2, 0.25) is 0 Å². The number of carbonyl (C=O) groups excluding carboxylic acids is 1. The normalized spacial score (nSPS) is 24.4. The average molecular weight is 363 g/mol. The highest BCUT2D eigenvalue weighted by molar-refractivity contribution is 5.62. The van der Waals surface area contributed by atoms with Crippen LogP contribution in [0, 0.1) is 5.92 Å². The predicted molar refractivity (Wildman–Crippen MR) is 102 cm³/mol. The summed E-state index contributed by atoms with van der Waals surface area (Å²) in [4.78, 5) is 14.8. The summed E-state index contributed by atoms with van der Waals surface area (Å²) in [5.74, 6) is 0.916. The molecule has 0 radical (unpaired) electrons. The Morgan fingerprint density at radius 2 is 2.00 bits per heavy atom. The van der Waals surface area contributed by atoms with Gasteiger partial charge in [0, 0.05) is 25.4 Å². The molecule has 0 spiro atoms. The molecule has 0 saturated carbocycles. The minimum Gasteiger partial charge on any atom is -0.491 e. The third-order valence-electron chi connectivity index (χ3n) is 4.60. The van der Waals surface area contributed by atoms with Crippen LogP contribution in [0.15, 0.2) is 24.3 Å². The summed E-state index contributed by atoms with van der Waals surface area (Å²) in [6.07, 6.45) is 0.182.